The third-order valence-electron chi connectivity index (χ3n) is 7.43. The standard InChI is InChI=1S/C32H40N6O8/c1-32(2,3)46-31(45)36(19-11-21-38-27(40)23-13-5-7-15-25(23)34-29(38)42)17-9-8-16-35(30(43)44)18-10-20-37-26(39)22-12-4-6-14-24(22)33-28(37)41/h4-7,12-15H,8-11,16-21H2,1-3H3,(H,33,41)(H,34,42)(H,43,44). The first-order chi connectivity index (χ1) is 21.9. The molecular formula is C32H40N6O8. The largest absolute Gasteiger partial charge is 0.465 e. The molecule has 2 aromatic heterocycles. The molecule has 0 aliphatic rings. The summed E-state index contributed by atoms with van der Waals surface area (Å²) in [7, 11) is 0. The fraction of sp³-hybridized carbons (Fsp3) is 0.438. The van der Waals surface area contributed by atoms with Gasteiger partial charge in [-0.3, -0.25) is 18.7 Å². The first-order valence-corrected chi connectivity index (χ1v) is 15.3. The number of para-hydroxylation sites is 2. The molecule has 2 heterocycles. The van der Waals surface area contributed by atoms with E-state index in [1.165, 1.54) is 9.80 Å². The monoisotopic (exact) mass is 636 g/mol. The number of H-pyrrole nitrogens is 2. The number of carbonyl (C=O) groups is 2. The normalized spacial score (nSPS) is 11.5. The molecule has 0 aliphatic heterocycles. The lowest BCUT2D eigenvalue weighted by molar-refractivity contribution is 0.0241. The van der Waals surface area contributed by atoms with Crippen LogP contribution in [0.4, 0.5) is 9.59 Å². The molecule has 0 aliphatic carbocycles. The average Bonchev–Trinajstić information content (AvgIpc) is 2.99. The summed E-state index contributed by atoms with van der Waals surface area (Å²) in [5, 5.41) is 10.5. The minimum absolute atomic E-state index is 0.0539. The van der Waals surface area contributed by atoms with Gasteiger partial charge in [0.2, 0.25) is 0 Å². The Hall–Kier alpha value is -5.14. The number of benzene rings is 2. The zero-order valence-corrected chi connectivity index (χ0v) is 26.3. The van der Waals surface area contributed by atoms with E-state index in [1.54, 1.807) is 69.3 Å². The zero-order chi connectivity index (χ0) is 33.4. The second-order valence-electron chi connectivity index (χ2n) is 12.0. The zero-order valence-electron chi connectivity index (χ0n) is 26.3. The summed E-state index contributed by atoms with van der Waals surface area (Å²) in [6, 6.07) is 13.4. The number of ether oxygens (including phenoxy) is 1. The van der Waals surface area contributed by atoms with Gasteiger partial charge in [0.25, 0.3) is 11.1 Å². The minimum atomic E-state index is -1.13. The van der Waals surface area contributed by atoms with Gasteiger partial charge in [-0.2, -0.15) is 0 Å². The summed E-state index contributed by atoms with van der Waals surface area (Å²) in [5.41, 5.74) is -1.77. The van der Waals surface area contributed by atoms with Crippen molar-refractivity contribution in [3.8, 4) is 0 Å². The number of nitrogens with zero attached hydrogens (tertiary/aromatic N) is 4. The Morgan fingerprint density at radius 1 is 0.696 bits per heavy atom. The fourth-order valence-electron chi connectivity index (χ4n) is 5.17. The predicted octanol–water partition coefficient (Wildman–Crippen LogP) is 3.17. The molecular weight excluding hydrogens is 596 g/mol. The van der Waals surface area contributed by atoms with Crippen molar-refractivity contribution in [2.45, 2.75) is 65.1 Å². The van der Waals surface area contributed by atoms with Gasteiger partial charge in [0.05, 0.1) is 21.8 Å². The van der Waals surface area contributed by atoms with Gasteiger partial charge in [-0.25, -0.2) is 19.2 Å². The molecule has 0 fully saturated rings. The maximum atomic E-state index is 13.0. The lowest BCUT2D eigenvalue weighted by atomic mass is 10.2. The Labute approximate surface area is 263 Å². The molecule has 0 atom stereocenters. The maximum absolute atomic E-state index is 13.0. The van der Waals surface area contributed by atoms with Crippen LogP contribution in [-0.4, -0.2) is 78.0 Å². The summed E-state index contributed by atoms with van der Waals surface area (Å²) in [4.78, 5) is 83.5. The topological polar surface area (TPSA) is 180 Å². The van der Waals surface area contributed by atoms with Crippen molar-refractivity contribution in [1.29, 1.82) is 0 Å². The Kier molecular flexibility index (Phi) is 10.8. The lowest BCUT2D eigenvalue weighted by Crippen LogP contribution is -2.40. The Morgan fingerprint density at radius 2 is 1.11 bits per heavy atom. The summed E-state index contributed by atoms with van der Waals surface area (Å²) < 4.78 is 7.74. The van der Waals surface area contributed by atoms with E-state index >= 15 is 0 Å². The van der Waals surface area contributed by atoms with Crippen LogP contribution in [0.15, 0.2) is 67.7 Å². The van der Waals surface area contributed by atoms with Gasteiger partial charge in [-0.15, -0.1) is 0 Å². The number of unbranched alkanes of at least 4 members (excludes halogenated alkanes) is 1. The van der Waals surface area contributed by atoms with E-state index in [-0.39, 0.29) is 45.7 Å². The van der Waals surface area contributed by atoms with E-state index in [4.69, 9.17) is 4.74 Å². The number of amides is 2. The summed E-state index contributed by atoms with van der Waals surface area (Å²) in [5.74, 6) is 0. The molecule has 246 valence electrons. The van der Waals surface area contributed by atoms with Gasteiger partial charge < -0.3 is 29.6 Å². The molecule has 14 heteroatoms. The van der Waals surface area contributed by atoms with E-state index in [9.17, 15) is 33.9 Å². The number of hydrogen-bond acceptors (Lipinski definition) is 7. The number of aromatic nitrogens is 4. The molecule has 0 spiro atoms. The summed E-state index contributed by atoms with van der Waals surface area (Å²) in [6.45, 7) is 6.18. The van der Waals surface area contributed by atoms with Crippen LogP contribution in [0.3, 0.4) is 0 Å². The lowest BCUT2D eigenvalue weighted by Gasteiger charge is -2.28. The second-order valence-corrected chi connectivity index (χ2v) is 12.0. The van der Waals surface area contributed by atoms with E-state index in [0.29, 0.717) is 41.1 Å². The van der Waals surface area contributed by atoms with E-state index in [0.717, 1.165) is 9.13 Å². The van der Waals surface area contributed by atoms with Gasteiger partial charge >= 0.3 is 23.6 Å². The van der Waals surface area contributed by atoms with Gasteiger partial charge in [0.15, 0.2) is 0 Å². The van der Waals surface area contributed by atoms with Crippen LogP contribution in [0.2, 0.25) is 0 Å². The van der Waals surface area contributed by atoms with Crippen LogP contribution in [0, 0.1) is 0 Å². The van der Waals surface area contributed by atoms with E-state index < -0.39 is 40.3 Å². The first kappa shape index (κ1) is 33.7. The number of hydrogen-bond donors (Lipinski definition) is 3. The molecule has 4 rings (SSSR count). The molecule has 0 saturated carbocycles. The van der Waals surface area contributed by atoms with Crippen molar-refractivity contribution in [1.82, 2.24) is 28.9 Å². The van der Waals surface area contributed by atoms with Gasteiger partial charge in [0.1, 0.15) is 5.60 Å². The van der Waals surface area contributed by atoms with Crippen LogP contribution < -0.4 is 22.5 Å². The van der Waals surface area contributed by atoms with Crippen LogP contribution in [-0.2, 0) is 17.8 Å². The number of aromatic amines is 2. The molecule has 0 radical (unpaired) electrons. The highest BCUT2D eigenvalue weighted by atomic mass is 16.6. The second kappa shape index (κ2) is 14.8. The molecule has 46 heavy (non-hydrogen) atoms. The highest BCUT2D eigenvalue weighted by Gasteiger charge is 2.22. The summed E-state index contributed by atoms with van der Waals surface area (Å²) >= 11 is 0. The Bertz CT molecular complexity index is 1930. The molecule has 4 aromatic rings. The highest BCUT2D eigenvalue weighted by molar-refractivity contribution is 5.77. The van der Waals surface area contributed by atoms with Crippen LogP contribution >= 0.6 is 0 Å². The number of fused-ring (bicyclic) bond motifs is 2. The molecule has 2 aromatic carbocycles. The van der Waals surface area contributed by atoms with Crippen molar-refractivity contribution in [3.05, 3.63) is 90.2 Å². The van der Waals surface area contributed by atoms with Crippen molar-refractivity contribution < 1.29 is 19.4 Å². The van der Waals surface area contributed by atoms with Crippen LogP contribution in [0.5, 0.6) is 0 Å². The van der Waals surface area contributed by atoms with E-state index in [2.05, 4.69) is 9.97 Å². The number of rotatable bonds is 13. The average molecular weight is 637 g/mol. The Morgan fingerprint density at radius 3 is 1.57 bits per heavy atom. The van der Waals surface area contributed by atoms with Gasteiger partial charge in [0, 0.05) is 39.3 Å². The minimum Gasteiger partial charge on any atom is -0.465 e. The molecule has 0 unspecified atom stereocenters. The first-order valence-electron chi connectivity index (χ1n) is 15.3. The summed E-state index contributed by atoms with van der Waals surface area (Å²) in [6.07, 6.45) is -0.210. The van der Waals surface area contributed by atoms with Crippen LogP contribution in [0.25, 0.3) is 21.8 Å². The van der Waals surface area contributed by atoms with Gasteiger partial charge in [-0.1, -0.05) is 24.3 Å². The fourth-order valence-corrected chi connectivity index (χ4v) is 5.17. The quantitative estimate of drug-likeness (QED) is 0.187. The molecule has 2 amide bonds. The number of carbonyl (C=O) groups excluding carboxylic acids is 1. The van der Waals surface area contributed by atoms with E-state index in [1.807, 2.05) is 0 Å². The SMILES string of the molecule is CC(C)(C)OC(=O)N(CCCCN(CCCn1c(=O)[nH]c2ccccc2c1=O)C(=O)O)CCCn1c(=O)[nH]c2ccccc2c1=O. The van der Waals surface area contributed by atoms with Gasteiger partial charge in [-0.05, 0) is 70.7 Å². The predicted molar refractivity (Wildman–Crippen MR) is 174 cm³/mol. The maximum Gasteiger partial charge on any atom is 0.410 e. The highest BCUT2D eigenvalue weighted by Crippen LogP contribution is 2.12. The molecule has 3 N–H and O–H groups in total. The molecule has 0 bridgehead atoms. The van der Waals surface area contributed by atoms with Crippen LogP contribution in [0.1, 0.15) is 46.5 Å². The van der Waals surface area contributed by atoms with Crippen molar-refractivity contribution in [3.63, 3.8) is 0 Å². The number of carboxylic acid groups (broad SMARTS) is 1. The van der Waals surface area contributed by atoms with Crippen molar-refractivity contribution in [2.75, 3.05) is 26.2 Å². The third-order valence-corrected chi connectivity index (χ3v) is 7.43. The van der Waals surface area contributed by atoms with Crippen molar-refractivity contribution in [2.24, 2.45) is 0 Å². The Balaban J connectivity index is 1.32. The third kappa shape index (κ3) is 8.52. The van der Waals surface area contributed by atoms with Crippen molar-refractivity contribution >= 4 is 34.0 Å². The smallest absolute Gasteiger partial charge is 0.410 e. The molecule has 0 saturated heterocycles. The number of nitrogens with one attached hydrogen (secondary N) is 2. The molecule has 14 nitrogen and oxygen atoms in total.